The molecular weight excluding hydrogens is 307 g/mol. The van der Waals surface area contributed by atoms with E-state index in [0.717, 1.165) is 16.7 Å². The Morgan fingerprint density at radius 3 is 2.52 bits per heavy atom. The lowest BCUT2D eigenvalue weighted by Gasteiger charge is -2.06. The summed E-state index contributed by atoms with van der Waals surface area (Å²) in [6.45, 7) is 1.94. The molecule has 0 bridgehead atoms. The van der Waals surface area contributed by atoms with Gasteiger partial charge in [-0.3, -0.25) is 0 Å². The van der Waals surface area contributed by atoms with E-state index in [4.69, 9.17) is 33.5 Å². The van der Waals surface area contributed by atoms with E-state index in [0.29, 0.717) is 21.3 Å². The van der Waals surface area contributed by atoms with Gasteiger partial charge in [0, 0.05) is 21.2 Å². The maximum atomic E-state index is 6.25. The second kappa shape index (κ2) is 5.43. The molecule has 2 aromatic carbocycles. The third kappa shape index (κ3) is 2.50. The molecule has 0 saturated heterocycles. The first-order chi connectivity index (χ1) is 10.1. The molecule has 0 spiro atoms. The first kappa shape index (κ1) is 14.0. The summed E-state index contributed by atoms with van der Waals surface area (Å²) in [6.07, 6.45) is 0. The maximum Gasteiger partial charge on any atom is 0.230 e. The topological polar surface area (TPSA) is 52.0 Å². The Morgan fingerprint density at radius 1 is 1.05 bits per heavy atom. The van der Waals surface area contributed by atoms with Crippen molar-refractivity contribution in [2.75, 3.05) is 5.73 Å². The van der Waals surface area contributed by atoms with Crippen molar-refractivity contribution in [3.05, 3.63) is 58.1 Å². The van der Waals surface area contributed by atoms with Gasteiger partial charge in [-0.25, -0.2) is 0 Å². The van der Waals surface area contributed by atoms with Crippen molar-refractivity contribution in [3.63, 3.8) is 0 Å². The molecule has 0 saturated carbocycles. The molecule has 1 heterocycles. The van der Waals surface area contributed by atoms with Crippen molar-refractivity contribution in [1.29, 1.82) is 0 Å². The molecule has 0 amide bonds. The van der Waals surface area contributed by atoms with E-state index in [2.05, 4.69) is 5.16 Å². The van der Waals surface area contributed by atoms with Crippen molar-refractivity contribution < 1.29 is 4.52 Å². The number of anilines is 1. The fraction of sp³-hybridized carbons (Fsp3) is 0.0625. The second-order valence-electron chi connectivity index (χ2n) is 4.71. The average Bonchev–Trinajstić information content (AvgIpc) is 2.84. The van der Waals surface area contributed by atoms with Crippen LogP contribution in [0, 0.1) is 6.92 Å². The Kier molecular flexibility index (Phi) is 3.62. The predicted octanol–water partition coefficient (Wildman–Crippen LogP) is 5.21. The van der Waals surface area contributed by atoms with E-state index in [1.165, 1.54) is 0 Å². The van der Waals surface area contributed by atoms with E-state index in [9.17, 15) is 0 Å². The fourth-order valence-corrected chi connectivity index (χ4v) is 2.58. The molecule has 0 radical (unpaired) electrons. The highest BCUT2D eigenvalue weighted by Gasteiger charge is 2.19. The van der Waals surface area contributed by atoms with Crippen LogP contribution in [-0.2, 0) is 0 Å². The van der Waals surface area contributed by atoms with E-state index in [1.807, 2.05) is 43.3 Å². The molecule has 3 rings (SSSR count). The van der Waals surface area contributed by atoms with Gasteiger partial charge in [0.05, 0.1) is 5.56 Å². The van der Waals surface area contributed by atoms with Gasteiger partial charge in [-0.05, 0) is 24.6 Å². The van der Waals surface area contributed by atoms with Crippen molar-refractivity contribution in [3.8, 4) is 22.4 Å². The number of hydrogen-bond acceptors (Lipinski definition) is 3. The molecule has 21 heavy (non-hydrogen) atoms. The maximum absolute atomic E-state index is 6.25. The summed E-state index contributed by atoms with van der Waals surface area (Å²) in [5.74, 6) is 0.231. The highest BCUT2D eigenvalue weighted by Crippen LogP contribution is 2.40. The minimum absolute atomic E-state index is 0.231. The first-order valence-electron chi connectivity index (χ1n) is 6.34. The van der Waals surface area contributed by atoms with Gasteiger partial charge in [0.15, 0.2) is 0 Å². The standard InChI is InChI=1S/C16H12Cl2N2O/c1-9-6-7-10(8-13(9)18)15-14(16(19)21-20-15)11-4-2-3-5-12(11)17/h2-8H,19H2,1H3. The van der Waals surface area contributed by atoms with Crippen molar-refractivity contribution in [1.82, 2.24) is 5.16 Å². The minimum atomic E-state index is 0.231. The van der Waals surface area contributed by atoms with Gasteiger partial charge in [-0.1, -0.05) is 58.7 Å². The summed E-state index contributed by atoms with van der Waals surface area (Å²) in [5, 5.41) is 5.31. The molecule has 0 aliphatic heterocycles. The number of nitrogens with zero attached hydrogens (tertiary/aromatic N) is 1. The normalized spacial score (nSPS) is 10.8. The molecule has 0 atom stereocenters. The van der Waals surface area contributed by atoms with E-state index < -0.39 is 0 Å². The van der Waals surface area contributed by atoms with E-state index >= 15 is 0 Å². The van der Waals surface area contributed by atoms with Crippen LogP contribution in [0.1, 0.15) is 5.56 Å². The Balaban J connectivity index is 2.22. The molecule has 106 valence electrons. The lowest BCUT2D eigenvalue weighted by molar-refractivity contribution is 0.439. The number of benzene rings is 2. The molecule has 5 heteroatoms. The molecule has 2 N–H and O–H groups in total. The summed E-state index contributed by atoms with van der Waals surface area (Å²) < 4.78 is 5.16. The molecule has 0 unspecified atom stereocenters. The molecule has 1 aromatic heterocycles. The van der Waals surface area contributed by atoms with Gasteiger partial charge in [0.25, 0.3) is 0 Å². The zero-order valence-corrected chi connectivity index (χ0v) is 12.7. The van der Waals surface area contributed by atoms with Crippen LogP contribution in [0.15, 0.2) is 47.0 Å². The molecule has 0 fully saturated rings. The van der Waals surface area contributed by atoms with Crippen LogP contribution >= 0.6 is 23.2 Å². The van der Waals surface area contributed by atoms with Crippen LogP contribution in [0.4, 0.5) is 5.88 Å². The largest absolute Gasteiger partial charge is 0.367 e. The first-order valence-corrected chi connectivity index (χ1v) is 7.10. The molecule has 3 aromatic rings. The van der Waals surface area contributed by atoms with Crippen LogP contribution in [0.5, 0.6) is 0 Å². The number of nitrogens with two attached hydrogens (primary N) is 1. The number of aromatic nitrogens is 1. The van der Waals surface area contributed by atoms with Crippen LogP contribution in [-0.4, -0.2) is 5.16 Å². The number of hydrogen-bond donors (Lipinski definition) is 1. The van der Waals surface area contributed by atoms with Gasteiger partial charge in [-0.2, -0.15) is 0 Å². The van der Waals surface area contributed by atoms with Crippen molar-refractivity contribution in [2.24, 2.45) is 0 Å². The molecule has 0 aliphatic carbocycles. The third-order valence-electron chi connectivity index (χ3n) is 3.31. The average molecular weight is 319 g/mol. The van der Waals surface area contributed by atoms with Gasteiger partial charge >= 0.3 is 0 Å². The zero-order valence-electron chi connectivity index (χ0n) is 11.2. The van der Waals surface area contributed by atoms with Crippen molar-refractivity contribution in [2.45, 2.75) is 6.92 Å². The van der Waals surface area contributed by atoms with Gasteiger partial charge in [0.1, 0.15) is 5.69 Å². The Hall–Kier alpha value is -1.97. The summed E-state index contributed by atoms with van der Waals surface area (Å²) in [7, 11) is 0. The summed E-state index contributed by atoms with van der Waals surface area (Å²) >= 11 is 12.4. The lowest BCUT2D eigenvalue weighted by Crippen LogP contribution is -1.89. The molecular formula is C16H12Cl2N2O. The SMILES string of the molecule is Cc1ccc(-c2noc(N)c2-c2ccccc2Cl)cc1Cl. The van der Waals surface area contributed by atoms with Crippen LogP contribution in [0.2, 0.25) is 10.0 Å². The Morgan fingerprint density at radius 2 is 1.81 bits per heavy atom. The van der Waals surface area contributed by atoms with Gasteiger partial charge < -0.3 is 10.3 Å². The highest BCUT2D eigenvalue weighted by atomic mass is 35.5. The summed E-state index contributed by atoms with van der Waals surface area (Å²) in [6, 6.07) is 13.1. The molecule has 0 aliphatic rings. The number of nitrogen functional groups attached to an aromatic ring is 1. The number of rotatable bonds is 2. The summed E-state index contributed by atoms with van der Waals surface area (Å²) in [4.78, 5) is 0. The second-order valence-corrected chi connectivity index (χ2v) is 5.53. The smallest absolute Gasteiger partial charge is 0.230 e. The van der Waals surface area contributed by atoms with E-state index in [-0.39, 0.29) is 5.88 Å². The Bertz CT molecular complexity index is 812. The highest BCUT2D eigenvalue weighted by molar-refractivity contribution is 6.33. The Labute approximate surface area is 132 Å². The monoisotopic (exact) mass is 318 g/mol. The van der Waals surface area contributed by atoms with E-state index in [1.54, 1.807) is 6.07 Å². The third-order valence-corrected chi connectivity index (χ3v) is 4.04. The van der Waals surface area contributed by atoms with Crippen LogP contribution < -0.4 is 5.73 Å². The fourth-order valence-electron chi connectivity index (χ4n) is 2.16. The number of halogens is 2. The number of aryl methyl sites for hydroxylation is 1. The van der Waals surface area contributed by atoms with Crippen LogP contribution in [0.3, 0.4) is 0 Å². The van der Waals surface area contributed by atoms with Crippen molar-refractivity contribution >= 4 is 29.1 Å². The predicted molar refractivity (Wildman–Crippen MR) is 86.5 cm³/mol. The van der Waals surface area contributed by atoms with Gasteiger partial charge in [0.2, 0.25) is 5.88 Å². The quantitative estimate of drug-likeness (QED) is 0.706. The minimum Gasteiger partial charge on any atom is -0.367 e. The van der Waals surface area contributed by atoms with Crippen LogP contribution in [0.25, 0.3) is 22.4 Å². The molecule has 3 nitrogen and oxygen atoms in total. The summed E-state index contributed by atoms with van der Waals surface area (Å²) in [5.41, 5.74) is 9.85. The zero-order chi connectivity index (χ0) is 15.0. The lowest BCUT2D eigenvalue weighted by atomic mass is 10.0. The van der Waals surface area contributed by atoms with Gasteiger partial charge in [-0.15, -0.1) is 0 Å².